The van der Waals surface area contributed by atoms with Gasteiger partial charge in [-0.05, 0) is 23.8 Å². The molecule has 0 saturated heterocycles. The van der Waals surface area contributed by atoms with Crippen molar-refractivity contribution in [2.75, 3.05) is 33.4 Å². The quantitative estimate of drug-likeness (QED) is 0.543. The third-order valence-electron chi connectivity index (χ3n) is 4.61. The highest BCUT2D eigenvalue weighted by atomic mass is 35.5. The van der Waals surface area contributed by atoms with Gasteiger partial charge in [0.25, 0.3) is 0 Å². The summed E-state index contributed by atoms with van der Waals surface area (Å²) in [5, 5.41) is 28.7. The molecule has 28 heavy (non-hydrogen) atoms. The number of rotatable bonds is 7. The predicted molar refractivity (Wildman–Crippen MR) is 105 cm³/mol. The number of methoxy groups -OCH3 is 1. The zero-order valence-electron chi connectivity index (χ0n) is 15.3. The maximum atomic E-state index is 13.0. The van der Waals surface area contributed by atoms with Crippen molar-refractivity contribution in [3.63, 3.8) is 0 Å². The van der Waals surface area contributed by atoms with E-state index in [9.17, 15) is 14.7 Å². The van der Waals surface area contributed by atoms with Gasteiger partial charge < -0.3 is 20.1 Å². The minimum atomic E-state index is -0.455. The van der Waals surface area contributed by atoms with E-state index in [0.29, 0.717) is 25.2 Å². The van der Waals surface area contributed by atoms with Gasteiger partial charge in [0, 0.05) is 30.8 Å². The molecular weight excluding hydrogens is 386 g/mol. The number of halogens is 1. The van der Waals surface area contributed by atoms with Crippen LogP contribution in [0.25, 0.3) is 0 Å². The van der Waals surface area contributed by atoms with Crippen LogP contribution >= 0.6 is 12.4 Å². The topological polar surface area (TPSA) is 107 Å². The van der Waals surface area contributed by atoms with Gasteiger partial charge in [-0.1, -0.05) is 12.1 Å². The van der Waals surface area contributed by atoms with Crippen molar-refractivity contribution in [1.29, 1.82) is 0 Å². The van der Waals surface area contributed by atoms with Gasteiger partial charge in [0.05, 0.1) is 31.5 Å². The number of ketones is 2. The molecule has 7 nitrogen and oxygen atoms in total. The molecule has 1 aliphatic rings. The largest absolute Gasteiger partial charge is 0.507 e. The molecule has 2 aromatic carbocycles. The van der Waals surface area contributed by atoms with E-state index in [0.717, 1.165) is 0 Å². The predicted octanol–water partition coefficient (Wildman–Crippen LogP) is 1.38. The molecule has 0 aromatic heterocycles. The Morgan fingerprint density at radius 3 is 2.25 bits per heavy atom. The van der Waals surface area contributed by atoms with Crippen molar-refractivity contribution in [2.24, 2.45) is 0 Å². The third-order valence-corrected chi connectivity index (χ3v) is 4.61. The first kappa shape index (κ1) is 21.8. The minimum absolute atomic E-state index is 0. The number of hydrogen-bond donors (Lipinski definition) is 3. The van der Waals surface area contributed by atoms with Gasteiger partial charge in [-0.3, -0.25) is 14.5 Å². The lowest BCUT2D eigenvalue weighted by atomic mass is 9.82. The van der Waals surface area contributed by atoms with E-state index in [2.05, 4.69) is 0 Å². The highest BCUT2D eigenvalue weighted by molar-refractivity contribution is 6.30. The lowest BCUT2D eigenvalue weighted by Gasteiger charge is -2.23. The number of ether oxygens (including phenoxy) is 1. The van der Waals surface area contributed by atoms with E-state index in [4.69, 9.17) is 14.9 Å². The lowest BCUT2D eigenvalue weighted by molar-refractivity contribution is 0.0973. The van der Waals surface area contributed by atoms with Gasteiger partial charge in [0.1, 0.15) is 11.5 Å². The first-order valence-corrected chi connectivity index (χ1v) is 8.58. The zero-order chi connectivity index (χ0) is 19.6. The van der Waals surface area contributed by atoms with Crippen molar-refractivity contribution in [1.82, 2.24) is 4.90 Å². The first-order chi connectivity index (χ1) is 13.0. The lowest BCUT2D eigenvalue weighted by Crippen LogP contribution is -2.29. The second kappa shape index (κ2) is 9.16. The Balaban J connectivity index is 0.00000280. The zero-order valence-corrected chi connectivity index (χ0v) is 16.2. The SMILES string of the molecule is COc1cccc2c1C(=O)c1c(O)cc(CN(CCO)CCO)cc1C2=O.Cl. The van der Waals surface area contributed by atoms with Crippen LogP contribution in [0.1, 0.15) is 37.4 Å². The number of aliphatic hydroxyl groups is 2. The van der Waals surface area contributed by atoms with Crippen LogP contribution in [0.4, 0.5) is 0 Å². The number of phenolic OH excluding ortho intramolecular Hbond substituents is 1. The van der Waals surface area contributed by atoms with Crippen LogP contribution in [0.5, 0.6) is 11.5 Å². The van der Waals surface area contributed by atoms with E-state index in [1.165, 1.54) is 13.2 Å². The summed E-state index contributed by atoms with van der Waals surface area (Å²) >= 11 is 0. The summed E-state index contributed by atoms with van der Waals surface area (Å²) in [6.45, 7) is 0.827. The van der Waals surface area contributed by atoms with Crippen molar-refractivity contribution in [2.45, 2.75) is 6.54 Å². The molecule has 0 saturated carbocycles. The molecule has 3 N–H and O–H groups in total. The molecule has 0 radical (unpaired) electrons. The Morgan fingerprint density at radius 2 is 1.64 bits per heavy atom. The molecule has 1 aliphatic carbocycles. The molecule has 2 aromatic rings. The van der Waals surface area contributed by atoms with Crippen LogP contribution in [0.15, 0.2) is 30.3 Å². The molecule has 0 spiro atoms. The van der Waals surface area contributed by atoms with Crippen LogP contribution in [0.3, 0.4) is 0 Å². The molecular formula is C20H22ClNO6. The Morgan fingerprint density at radius 1 is 0.964 bits per heavy atom. The molecule has 0 bridgehead atoms. The summed E-state index contributed by atoms with van der Waals surface area (Å²) in [6, 6.07) is 7.82. The fourth-order valence-electron chi connectivity index (χ4n) is 3.40. The van der Waals surface area contributed by atoms with Crippen LogP contribution in [-0.4, -0.2) is 65.2 Å². The standard InChI is InChI=1S/C20H21NO6.ClH/c1-27-16-4-2-3-13-18(16)20(26)17-14(19(13)25)9-12(10-15(17)24)11-21(5-7-22)6-8-23;/h2-4,9-10,22-24H,5-8,11H2,1H3;1H. The molecule has 0 amide bonds. The number of nitrogens with zero attached hydrogens (tertiary/aromatic N) is 1. The van der Waals surface area contributed by atoms with Crippen LogP contribution in [0.2, 0.25) is 0 Å². The van der Waals surface area contributed by atoms with Gasteiger partial charge in [-0.15, -0.1) is 12.4 Å². The maximum absolute atomic E-state index is 13.0. The normalized spacial score (nSPS) is 12.4. The van der Waals surface area contributed by atoms with Crippen LogP contribution < -0.4 is 4.74 Å². The highest BCUT2D eigenvalue weighted by Crippen LogP contribution is 2.37. The summed E-state index contributed by atoms with van der Waals surface area (Å²) in [5.41, 5.74) is 1.12. The molecule has 0 fully saturated rings. The summed E-state index contributed by atoms with van der Waals surface area (Å²) in [4.78, 5) is 27.7. The molecule has 0 unspecified atom stereocenters. The fourth-order valence-corrected chi connectivity index (χ4v) is 3.40. The van der Waals surface area contributed by atoms with Gasteiger partial charge in [-0.2, -0.15) is 0 Å². The number of carbonyl (C=O) groups excluding carboxylic acids is 2. The van der Waals surface area contributed by atoms with E-state index in [1.807, 2.05) is 0 Å². The Labute approximate surface area is 168 Å². The number of aliphatic hydroxyl groups excluding tert-OH is 2. The van der Waals surface area contributed by atoms with E-state index >= 15 is 0 Å². The van der Waals surface area contributed by atoms with E-state index in [1.54, 1.807) is 29.2 Å². The summed E-state index contributed by atoms with van der Waals surface area (Å²) in [6.07, 6.45) is 0. The average Bonchev–Trinajstić information content (AvgIpc) is 2.65. The second-order valence-corrected chi connectivity index (χ2v) is 6.30. The monoisotopic (exact) mass is 407 g/mol. The fraction of sp³-hybridized carbons (Fsp3) is 0.300. The number of aromatic hydroxyl groups is 1. The first-order valence-electron chi connectivity index (χ1n) is 8.58. The number of phenols is 1. The van der Waals surface area contributed by atoms with E-state index < -0.39 is 5.78 Å². The van der Waals surface area contributed by atoms with E-state index in [-0.39, 0.29) is 65.2 Å². The Bertz CT molecular complexity index is 893. The minimum Gasteiger partial charge on any atom is -0.507 e. The Kier molecular flexibility index (Phi) is 7.15. The van der Waals surface area contributed by atoms with Gasteiger partial charge in [0.15, 0.2) is 5.78 Å². The molecule has 0 heterocycles. The summed E-state index contributed by atoms with van der Waals surface area (Å²) in [7, 11) is 1.42. The Hall–Kier alpha value is -2.45. The second-order valence-electron chi connectivity index (χ2n) is 6.30. The maximum Gasteiger partial charge on any atom is 0.201 e. The smallest absolute Gasteiger partial charge is 0.201 e. The van der Waals surface area contributed by atoms with Gasteiger partial charge in [-0.25, -0.2) is 0 Å². The molecule has 0 aliphatic heterocycles. The van der Waals surface area contributed by atoms with Gasteiger partial charge in [0.2, 0.25) is 5.78 Å². The van der Waals surface area contributed by atoms with Crippen molar-refractivity contribution in [3.05, 3.63) is 58.1 Å². The number of fused-ring (bicyclic) bond motifs is 2. The average molecular weight is 408 g/mol. The number of hydrogen-bond acceptors (Lipinski definition) is 7. The highest BCUT2D eigenvalue weighted by Gasteiger charge is 2.34. The van der Waals surface area contributed by atoms with Crippen molar-refractivity contribution in [3.8, 4) is 11.5 Å². The molecule has 8 heteroatoms. The molecule has 0 atom stereocenters. The summed E-state index contributed by atoms with van der Waals surface area (Å²) < 4.78 is 5.21. The number of carbonyl (C=O) groups is 2. The van der Waals surface area contributed by atoms with Gasteiger partial charge >= 0.3 is 0 Å². The molecule has 3 rings (SSSR count). The molecule has 150 valence electrons. The summed E-state index contributed by atoms with van der Waals surface area (Å²) in [5.74, 6) is -0.794. The van der Waals surface area contributed by atoms with Crippen molar-refractivity contribution < 1.29 is 29.6 Å². The van der Waals surface area contributed by atoms with Crippen LogP contribution in [-0.2, 0) is 6.54 Å². The third kappa shape index (κ3) is 3.88. The van der Waals surface area contributed by atoms with Crippen LogP contribution in [0, 0.1) is 0 Å². The number of benzene rings is 2. The van der Waals surface area contributed by atoms with Crippen molar-refractivity contribution >= 4 is 24.0 Å².